The second kappa shape index (κ2) is 5.44. The summed E-state index contributed by atoms with van der Waals surface area (Å²) in [5.41, 5.74) is 2.32. The topological polar surface area (TPSA) is 56.9 Å². The minimum Gasteiger partial charge on any atom is -0.323 e. The van der Waals surface area contributed by atoms with Gasteiger partial charge in [-0.15, -0.1) is 0 Å². The molecule has 2 aromatic heterocycles. The molecule has 110 valence electrons. The first-order valence-corrected chi connectivity index (χ1v) is 6.92. The number of Topliss-reactive ketones (excluding diaryl/α,β-unsaturated/α-hetero) is 1. The Labute approximate surface area is 127 Å². The fourth-order valence-electron chi connectivity index (χ4n) is 2.45. The van der Waals surface area contributed by atoms with Crippen LogP contribution in [-0.2, 0) is 0 Å². The van der Waals surface area contributed by atoms with Crippen LogP contribution < -0.4 is 0 Å². The Morgan fingerprint density at radius 3 is 2.32 bits per heavy atom. The molecule has 0 fully saturated rings. The maximum Gasteiger partial charge on any atom is 0.280 e. The molecule has 0 saturated heterocycles. The van der Waals surface area contributed by atoms with Crippen molar-refractivity contribution in [3.8, 4) is 5.69 Å². The lowest BCUT2D eigenvalue weighted by Crippen LogP contribution is -2.17. The van der Waals surface area contributed by atoms with Crippen LogP contribution >= 0.6 is 0 Å². The van der Waals surface area contributed by atoms with Crippen molar-refractivity contribution in [3.05, 3.63) is 71.8 Å². The fourth-order valence-corrected chi connectivity index (χ4v) is 2.45. The molecule has 22 heavy (non-hydrogen) atoms. The molecular formula is C17H15N3O2. The van der Waals surface area contributed by atoms with Gasteiger partial charge in [0.05, 0.1) is 28.7 Å². The van der Waals surface area contributed by atoms with Gasteiger partial charge in [-0.05, 0) is 38.1 Å². The van der Waals surface area contributed by atoms with E-state index in [1.54, 1.807) is 13.0 Å². The van der Waals surface area contributed by atoms with Crippen molar-refractivity contribution in [2.75, 3.05) is 0 Å². The molecule has 0 atom stereocenters. The van der Waals surface area contributed by atoms with Gasteiger partial charge < -0.3 is 4.57 Å². The number of rotatable bonds is 3. The summed E-state index contributed by atoms with van der Waals surface area (Å²) in [6.45, 7) is 3.19. The first-order chi connectivity index (χ1) is 10.6. The molecule has 0 unspecified atom stereocenters. The third-order valence-corrected chi connectivity index (χ3v) is 3.60. The number of carbonyl (C=O) groups excluding carboxylic acids is 2. The molecule has 0 amide bonds. The van der Waals surface area contributed by atoms with E-state index in [4.69, 9.17) is 0 Å². The number of carbonyl (C=O) groups is 2. The first kappa shape index (κ1) is 14.0. The van der Waals surface area contributed by atoms with E-state index >= 15 is 0 Å². The molecule has 2 heterocycles. The molecule has 0 N–H and O–H groups in total. The quantitative estimate of drug-likeness (QED) is 0.698. The second-order valence-corrected chi connectivity index (χ2v) is 5.02. The van der Waals surface area contributed by atoms with Crippen LogP contribution in [0.25, 0.3) is 5.69 Å². The van der Waals surface area contributed by atoms with Crippen LogP contribution in [0.2, 0.25) is 0 Å². The highest BCUT2D eigenvalue weighted by atomic mass is 16.2. The highest BCUT2D eigenvalue weighted by Gasteiger charge is 2.19. The van der Waals surface area contributed by atoms with Crippen LogP contribution in [0.3, 0.4) is 0 Å². The lowest BCUT2D eigenvalue weighted by atomic mass is 10.1. The summed E-state index contributed by atoms with van der Waals surface area (Å²) in [5.74, 6) is -0.357. The minimum atomic E-state index is -0.255. The van der Waals surface area contributed by atoms with E-state index in [0.29, 0.717) is 16.8 Å². The molecule has 3 rings (SSSR count). The van der Waals surface area contributed by atoms with Gasteiger partial charge >= 0.3 is 0 Å². The molecule has 0 spiro atoms. The number of hydrogen-bond acceptors (Lipinski definition) is 3. The Bertz CT molecular complexity index is 845. The molecule has 0 aliphatic carbocycles. The summed E-state index contributed by atoms with van der Waals surface area (Å²) in [5, 5.41) is 4.07. The van der Waals surface area contributed by atoms with Crippen molar-refractivity contribution < 1.29 is 9.59 Å². The number of ketones is 1. The van der Waals surface area contributed by atoms with Crippen molar-refractivity contribution in [2.45, 2.75) is 13.8 Å². The van der Waals surface area contributed by atoms with Gasteiger partial charge in [-0.2, -0.15) is 5.10 Å². The first-order valence-electron chi connectivity index (χ1n) is 6.92. The van der Waals surface area contributed by atoms with Crippen molar-refractivity contribution >= 4 is 11.7 Å². The molecule has 3 aromatic rings. The van der Waals surface area contributed by atoms with E-state index in [2.05, 4.69) is 5.10 Å². The smallest absolute Gasteiger partial charge is 0.280 e. The van der Waals surface area contributed by atoms with E-state index in [9.17, 15) is 9.59 Å². The van der Waals surface area contributed by atoms with Crippen molar-refractivity contribution in [1.82, 2.24) is 14.3 Å². The summed E-state index contributed by atoms with van der Waals surface area (Å²) in [6.07, 6.45) is 5.19. The summed E-state index contributed by atoms with van der Waals surface area (Å²) >= 11 is 0. The molecule has 5 heteroatoms. The summed E-state index contributed by atoms with van der Waals surface area (Å²) < 4.78 is 3.15. The number of hydrogen-bond donors (Lipinski definition) is 0. The third kappa shape index (κ3) is 2.26. The molecule has 0 aliphatic heterocycles. The summed E-state index contributed by atoms with van der Waals surface area (Å²) in [4.78, 5) is 24.3. The number of nitrogens with zero attached hydrogens (tertiary/aromatic N) is 3. The Balaban J connectivity index is 2.09. The molecule has 0 aliphatic rings. The van der Waals surface area contributed by atoms with Crippen LogP contribution in [0.5, 0.6) is 0 Å². The van der Waals surface area contributed by atoms with Crippen molar-refractivity contribution in [3.63, 3.8) is 0 Å². The lowest BCUT2D eigenvalue weighted by molar-refractivity contribution is 0.0943. The van der Waals surface area contributed by atoms with E-state index in [-0.39, 0.29) is 11.7 Å². The van der Waals surface area contributed by atoms with Crippen LogP contribution in [0.15, 0.2) is 55.0 Å². The SMILES string of the molecule is CC(=O)c1cnn(C(=O)c2ccccc2-n2cccc2)c1C. The maximum absolute atomic E-state index is 12.8. The average Bonchev–Trinajstić information content (AvgIpc) is 3.16. The molecule has 0 bridgehead atoms. The van der Waals surface area contributed by atoms with Gasteiger partial charge in [0.2, 0.25) is 0 Å². The van der Waals surface area contributed by atoms with Crippen LogP contribution in [-0.4, -0.2) is 26.0 Å². The van der Waals surface area contributed by atoms with E-state index in [1.165, 1.54) is 17.8 Å². The van der Waals surface area contributed by atoms with Crippen molar-refractivity contribution in [1.29, 1.82) is 0 Å². The van der Waals surface area contributed by atoms with Gasteiger partial charge in [0, 0.05) is 12.4 Å². The monoisotopic (exact) mass is 293 g/mol. The maximum atomic E-state index is 12.8. The predicted octanol–water partition coefficient (Wildman–Crippen LogP) is 2.87. The largest absolute Gasteiger partial charge is 0.323 e. The fraction of sp³-hybridized carbons (Fsp3) is 0.118. The van der Waals surface area contributed by atoms with Crippen LogP contribution in [0.1, 0.15) is 33.3 Å². The van der Waals surface area contributed by atoms with Gasteiger partial charge in [0.25, 0.3) is 5.91 Å². The second-order valence-electron chi connectivity index (χ2n) is 5.02. The third-order valence-electron chi connectivity index (χ3n) is 3.60. The zero-order valence-electron chi connectivity index (χ0n) is 12.4. The van der Waals surface area contributed by atoms with E-state index in [1.807, 2.05) is 47.3 Å². The highest BCUT2D eigenvalue weighted by Crippen LogP contribution is 2.18. The number of benzene rings is 1. The zero-order valence-corrected chi connectivity index (χ0v) is 12.4. The normalized spacial score (nSPS) is 10.6. The predicted molar refractivity (Wildman–Crippen MR) is 82.5 cm³/mol. The van der Waals surface area contributed by atoms with Gasteiger partial charge in [-0.1, -0.05) is 12.1 Å². The van der Waals surface area contributed by atoms with E-state index < -0.39 is 0 Å². The van der Waals surface area contributed by atoms with Gasteiger partial charge in [0.15, 0.2) is 5.78 Å². The van der Waals surface area contributed by atoms with E-state index in [0.717, 1.165) is 5.69 Å². The molecule has 5 nitrogen and oxygen atoms in total. The van der Waals surface area contributed by atoms with Gasteiger partial charge in [0.1, 0.15) is 0 Å². The van der Waals surface area contributed by atoms with Crippen LogP contribution in [0, 0.1) is 6.92 Å². The Morgan fingerprint density at radius 1 is 1.00 bits per heavy atom. The molecule has 0 radical (unpaired) electrons. The minimum absolute atomic E-state index is 0.102. The Morgan fingerprint density at radius 2 is 1.68 bits per heavy atom. The summed E-state index contributed by atoms with van der Waals surface area (Å²) in [7, 11) is 0. The zero-order chi connectivity index (χ0) is 15.7. The standard InChI is InChI=1S/C17H15N3O2/c1-12-15(13(2)21)11-18-20(12)17(22)14-7-3-4-8-16(14)19-9-5-6-10-19/h3-11H,1-2H3. The molecule has 0 saturated carbocycles. The van der Waals surface area contributed by atoms with Gasteiger partial charge in [-0.25, -0.2) is 4.68 Å². The average molecular weight is 293 g/mol. The molecular weight excluding hydrogens is 278 g/mol. The van der Waals surface area contributed by atoms with Crippen molar-refractivity contribution in [2.24, 2.45) is 0 Å². The lowest BCUT2D eigenvalue weighted by Gasteiger charge is -2.10. The van der Waals surface area contributed by atoms with Crippen LogP contribution in [0.4, 0.5) is 0 Å². The molecule has 1 aromatic carbocycles. The number of para-hydroxylation sites is 1. The number of aromatic nitrogens is 3. The Kier molecular flexibility index (Phi) is 3.47. The highest BCUT2D eigenvalue weighted by molar-refractivity contribution is 6.01. The van der Waals surface area contributed by atoms with Gasteiger partial charge in [-0.3, -0.25) is 9.59 Å². The Hall–Kier alpha value is -2.95. The summed E-state index contributed by atoms with van der Waals surface area (Å²) in [6, 6.07) is 11.1.